The van der Waals surface area contributed by atoms with Crippen molar-refractivity contribution in [3.8, 4) is 39.0 Å². The Labute approximate surface area is 182 Å². The molecule has 0 aliphatic carbocycles. The molecule has 0 saturated heterocycles. The van der Waals surface area contributed by atoms with Gasteiger partial charge in [0, 0.05) is 22.9 Å². The minimum atomic E-state index is -0.250. The highest BCUT2D eigenvalue weighted by Crippen LogP contribution is 2.33. The van der Waals surface area contributed by atoms with E-state index >= 15 is 0 Å². The maximum Gasteiger partial charge on any atom is 0.124 e. The van der Waals surface area contributed by atoms with Crippen LogP contribution in [-0.2, 0) is 0 Å². The lowest BCUT2D eigenvalue weighted by Gasteiger charge is -2.11. The van der Waals surface area contributed by atoms with Crippen LogP contribution in [0, 0.1) is 5.82 Å². The molecule has 0 amide bonds. The summed E-state index contributed by atoms with van der Waals surface area (Å²) < 4.78 is 27.1. The van der Waals surface area contributed by atoms with Gasteiger partial charge in [-0.15, -0.1) is 11.3 Å². The molecule has 5 aromatic rings. The number of rotatable bonds is 5. The van der Waals surface area contributed by atoms with E-state index in [0.29, 0.717) is 11.5 Å². The second-order valence-corrected chi connectivity index (χ2v) is 7.96. The molecular weight excluding hydrogens is 413 g/mol. The molecule has 154 valence electrons. The number of halogens is 1. The van der Waals surface area contributed by atoms with E-state index in [-0.39, 0.29) is 5.82 Å². The Morgan fingerprint density at radius 2 is 1.61 bits per heavy atom. The Morgan fingerprint density at radius 3 is 2.32 bits per heavy atom. The number of hydrogen-bond acceptors (Lipinski definition) is 5. The van der Waals surface area contributed by atoms with E-state index in [1.165, 1.54) is 23.5 Å². The van der Waals surface area contributed by atoms with Crippen LogP contribution in [0.2, 0.25) is 0 Å². The molecule has 7 heteroatoms. The predicted molar refractivity (Wildman–Crippen MR) is 121 cm³/mol. The van der Waals surface area contributed by atoms with Crippen LogP contribution in [0.15, 0.2) is 73.2 Å². The fourth-order valence-corrected chi connectivity index (χ4v) is 4.45. The van der Waals surface area contributed by atoms with Gasteiger partial charge in [-0.1, -0.05) is 0 Å². The lowest BCUT2D eigenvalue weighted by atomic mass is 10.1. The molecule has 0 atom stereocenters. The second kappa shape index (κ2) is 7.85. The smallest absolute Gasteiger partial charge is 0.124 e. The van der Waals surface area contributed by atoms with Crippen molar-refractivity contribution in [3.05, 3.63) is 79.0 Å². The third kappa shape index (κ3) is 3.64. The Kier molecular flexibility index (Phi) is 4.88. The Hall–Kier alpha value is -3.71. The molecule has 0 bridgehead atoms. The van der Waals surface area contributed by atoms with E-state index in [1.807, 2.05) is 53.2 Å². The lowest BCUT2D eigenvalue weighted by molar-refractivity contribution is 0.394. The van der Waals surface area contributed by atoms with Crippen LogP contribution in [-0.4, -0.2) is 28.8 Å². The molecule has 3 aromatic carbocycles. The first-order valence-corrected chi connectivity index (χ1v) is 10.4. The van der Waals surface area contributed by atoms with E-state index in [4.69, 9.17) is 9.47 Å². The molecule has 0 fully saturated rings. The highest BCUT2D eigenvalue weighted by Gasteiger charge is 2.12. The number of imidazole rings is 1. The van der Waals surface area contributed by atoms with Crippen LogP contribution < -0.4 is 9.47 Å². The maximum absolute atomic E-state index is 13.5. The van der Waals surface area contributed by atoms with Gasteiger partial charge in [0.1, 0.15) is 22.3 Å². The molecule has 0 saturated carbocycles. The van der Waals surface area contributed by atoms with Gasteiger partial charge in [-0.2, -0.15) is 0 Å². The highest BCUT2D eigenvalue weighted by molar-refractivity contribution is 7.21. The molecule has 5 nitrogen and oxygen atoms in total. The van der Waals surface area contributed by atoms with Crippen molar-refractivity contribution in [2.75, 3.05) is 14.2 Å². The van der Waals surface area contributed by atoms with Crippen molar-refractivity contribution in [1.82, 2.24) is 14.5 Å². The number of aromatic nitrogens is 3. The zero-order valence-corrected chi connectivity index (χ0v) is 17.7. The zero-order valence-electron chi connectivity index (χ0n) is 16.9. The van der Waals surface area contributed by atoms with Gasteiger partial charge in [-0.25, -0.2) is 14.4 Å². The van der Waals surface area contributed by atoms with Crippen molar-refractivity contribution in [2.24, 2.45) is 0 Å². The van der Waals surface area contributed by atoms with Gasteiger partial charge in [-0.3, -0.25) is 4.57 Å². The van der Waals surface area contributed by atoms with Crippen molar-refractivity contribution >= 4 is 21.6 Å². The van der Waals surface area contributed by atoms with Crippen molar-refractivity contribution < 1.29 is 13.9 Å². The topological polar surface area (TPSA) is 49.2 Å². The number of hydrogen-bond donors (Lipinski definition) is 0. The SMILES string of the molecule is COc1cc(OC)cc(-c2cncn2-c2ccc(-c3nc4ccc(F)cc4s3)cc2)c1. The van der Waals surface area contributed by atoms with E-state index in [2.05, 4.69) is 9.97 Å². The van der Waals surface area contributed by atoms with Crippen LogP contribution >= 0.6 is 11.3 Å². The second-order valence-electron chi connectivity index (χ2n) is 6.93. The van der Waals surface area contributed by atoms with Gasteiger partial charge in [-0.05, 0) is 54.6 Å². The standard InChI is InChI=1S/C24H18FN3O2S/c1-29-19-9-16(10-20(12-19)30-2)22-13-26-14-28(22)18-6-3-15(4-7-18)24-27-21-8-5-17(25)11-23(21)31-24/h3-14H,1-2H3. The molecule has 0 aliphatic rings. The van der Waals surface area contributed by atoms with Crippen LogP contribution in [0.25, 0.3) is 37.7 Å². The molecule has 0 aliphatic heterocycles. The molecule has 2 heterocycles. The third-order valence-corrected chi connectivity index (χ3v) is 6.10. The molecule has 5 rings (SSSR count). The van der Waals surface area contributed by atoms with E-state index in [1.54, 1.807) is 26.6 Å². The van der Waals surface area contributed by atoms with Crippen LogP contribution in [0.1, 0.15) is 0 Å². The summed E-state index contributed by atoms with van der Waals surface area (Å²) in [5.74, 6) is 1.18. The van der Waals surface area contributed by atoms with Crippen molar-refractivity contribution in [2.45, 2.75) is 0 Å². The third-order valence-electron chi connectivity index (χ3n) is 5.03. The fraction of sp³-hybridized carbons (Fsp3) is 0.0833. The van der Waals surface area contributed by atoms with Gasteiger partial charge in [0.25, 0.3) is 0 Å². The largest absolute Gasteiger partial charge is 0.497 e. The Morgan fingerprint density at radius 1 is 0.871 bits per heavy atom. The first-order chi connectivity index (χ1) is 15.1. The monoisotopic (exact) mass is 431 g/mol. The van der Waals surface area contributed by atoms with E-state index in [0.717, 1.165) is 37.7 Å². The molecule has 0 spiro atoms. The lowest BCUT2D eigenvalue weighted by Crippen LogP contribution is -1.96. The summed E-state index contributed by atoms with van der Waals surface area (Å²) >= 11 is 1.48. The Balaban J connectivity index is 1.51. The van der Waals surface area contributed by atoms with Crippen LogP contribution in [0.4, 0.5) is 4.39 Å². The zero-order chi connectivity index (χ0) is 21.4. The van der Waals surface area contributed by atoms with E-state index in [9.17, 15) is 4.39 Å². The molecule has 31 heavy (non-hydrogen) atoms. The van der Waals surface area contributed by atoms with Crippen LogP contribution in [0.3, 0.4) is 0 Å². The number of benzene rings is 3. The number of methoxy groups -OCH3 is 2. The maximum atomic E-state index is 13.5. The fourth-order valence-electron chi connectivity index (χ4n) is 3.46. The predicted octanol–water partition coefficient (Wildman–Crippen LogP) is 5.97. The molecule has 2 aromatic heterocycles. The normalized spacial score (nSPS) is 11.1. The van der Waals surface area contributed by atoms with Crippen molar-refractivity contribution in [1.29, 1.82) is 0 Å². The number of ether oxygens (including phenoxy) is 2. The van der Waals surface area contributed by atoms with Crippen molar-refractivity contribution in [3.63, 3.8) is 0 Å². The number of nitrogens with zero attached hydrogens (tertiary/aromatic N) is 3. The molecule has 0 radical (unpaired) electrons. The van der Waals surface area contributed by atoms with Gasteiger partial charge in [0.2, 0.25) is 0 Å². The van der Waals surface area contributed by atoms with Gasteiger partial charge in [0.05, 0.1) is 42.7 Å². The minimum Gasteiger partial charge on any atom is -0.497 e. The quantitative estimate of drug-likeness (QED) is 0.344. The summed E-state index contributed by atoms with van der Waals surface area (Å²) in [6, 6.07) is 18.5. The number of fused-ring (bicyclic) bond motifs is 1. The van der Waals surface area contributed by atoms with Gasteiger partial charge in [0.15, 0.2) is 0 Å². The van der Waals surface area contributed by atoms with Gasteiger partial charge >= 0.3 is 0 Å². The average molecular weight is 431 g/mol. The summed E-state index contributed by atoms with van der Waals surface area (Å²) in [6.07, 6.45) is 3.58. The molecule has 0 N–H and O–H groups in total. The summed E-state index contributed by atoms with van der Waals surface area (Å²) in [5.41, 5.74) is 4.60. The highest BCUT2D eigenvalue weighted by atomic mass is 32.1. The molecule has 0 unspecified atom stereocenters. The van der Waals surface area contributed by atoms with E-state index < -0.39 is 0 Å². The Bertz CT molecular complexity index is 1350. The summed E-state index contributed by atoms with van der Waals surface area (Å²) in [4.78, 5) is 8.96. The first-order valence-electron chi connectivity index (χ1n) is 9.57. The average Bonchev–Trinajstić information content (AvgIpc) is 3.46. The minimum absolute atomic E-state index is 0.250. The number of thiazole rings is 1. The first kappa shape index (κ1) is 19.3. The summed E-state index contributed by atoms with van der Waals surface area (Å²) in [7, 11) is 3.26. The summed E-state index contributed by atoms with van der Waals surface area (Å²) in [6.45, 7) is 0. The molecular formula is C24H18FN3O2S. The summed E-state index contributed by atoms with van der Waals surface area (Å²) in [5, 5.41) is 0.857. The van der Waals surface area contributed by atoms with Gasteiger partial charge < -0.3 is 9.47 Å². The van der Waals surface area contributed by atoms with Crippen LogP contribution in [0.5, 0.6) is 11.5 Å².